The van der Waals surface area contributed by atoms with E-state index < -0.39 is 0 Å². The lowest BCUT2D eigenvalue weighted by molar-refractivity contribution is 0.125. The van der Waals surface area contributed by atoms with Crippen molar-refractivity contribution in [3.05, 3.63) is 35.9 Å². The molecule has 2 N–H and O–H groups in total. The number of nitrogens with zero attached hydrogens (tertiary/aromatic N) is 1. The van der Waals surface area contributed by atoms with Gasteiger partial charge in [0.05, 0.1) is 12.1 Å². The Balaban J connectivity index is 2.89. The molecule has 0 amide bonds. The highest BCUT2D eigenvalue weighted by atomic mass is 16.3. The first-order valence-corrected chi connectivity index (χ1v) is 6.22. The van der Waals surface area contributed by atoms with Crippen LogP contribution < -0.4 is 5.32 Å². The summed E-state index contributed by atoms with van der Waals surface area (Å²) in [6.07, 6.45) is 1.12. The molecular weight excluding hydrogens is 212 g/mol. The molecule has 0 saturated carbocycles. The second-order valence-electron chi connectivity index (χ2n) is 4.59. The molecule has 1 unspecified atom stereocenters. The minimum absolute atomic E-state index is 0.0988. The van der Waals surface area contributed by atoms with E-state index in [1.807, 2.05) is 25.2 Å². The first-order chi connectivity index (χ1) is 8.18. The third-order valence-corrected chi connectivity index (χ3v) is 3.22. The molecule has 3 nitrogen and oxygen atoms in total. The average Bonchev–Trinajstić information content (AvgIpc) is 2.37. The first-order valence-electron chi connectivity index (χ1n) is 6.22. The SMILES string of the molecule is CCCN(C)CC(CO)(NC)c1ccccc1. The number of hydrogen-bond donors (Lipinski definition) is 2. The Kier molecular flexibility index (Phi) is 5.62. The Morgan fingerprint density at radius 1 is 1.29 bits per heavy atom. The lowest BCUT2D eigenvalue weighted by atomic mass is 9.90. The fraction of sp³-hybridized carbons (Fsp3) is 0.571. The highest BCUT2D eigenvalue weighted by molar-refractivity contribution is 5.25. The zero-order chi connectivity index (χ0) is 12.7. The maximum Gasteiger partial charge on any atom is 0.0795 e. The van der Waals surface area contributed by atoms with Gasteiger partial charge in [-0.25, -0.2) is 0 Å². The number of rotatable bonds is 7. The summed E-state index contributed by atoms with van der Waals surface area (Å²) in [5.41, 5.74) is 0.763. The predicted octanol–water partition coefficient (Wildman–Crippen LogP) is 1.44. The van der Waals surface area contributed by atoms with Crippen LogP contribution in [0.25, 0.3) is 0 Å². The number of nitrogens with one attached hydrogen (secondary N) is 1. The Morgan fingerprint density at radius 2 is 1.94 bits per heavy atom. The van der Waals surface area contributed by atoms with E-state index in [-0.39, 0.29) is 12.1 Å². The van der Waals surface area contributed by atoms with Crippen LogP contribution in [0.2, 0.25) is 0 Å². The highest BCUT2D eigenvalue weighted by Gasteiger charge is 2.30. The van der Waals surface area contributed by atoms with Gasteiger partial charge in [0.25, 0.3) is 0 Å². The van der Waals surface area contributed by atoms with Crippen molar-refractivity contribution < 1.29 is 5.11 Å². The van der Waals surface area contributed by atoms with Gasteiger partial charge in [-0.2, -0.15) is 0 Å². The monoisotopic (exact) mass is 236 g/mol. The van der Waals surface area contributed by atoms with E-state index in [9.17, 15) is 5.11 Å². The van der Waals surface area contributed by atoms with Gasteiger partial charge in [0.1, 0.15) is 0 Å². The van der Waals surface area contributed by atoms with Crippen LogP contribution in [0.15, 0.2) is 30.3 Å². The highest BCUT2D eigenvalue weighted by Crippen LogP contribution is 2.21. The summed E-state index contributed by atoms with van der Waals surface area (Å²) in [5.74, 6) is 0. The molecular formula is C14H24N2O. The van der Waals surface area contributed by atoms with Gasteiger partial charge in [-0.15, -0.1) is 0 Å². The van der Waals surface area contributed by atoms with E-state index in [1.165, 1.54) is 0 Å². The van der Waals surface area contributed by atoms with Gasteiger partial charge in [0.2, 0.25) is 0 Å². The average molecular weight is 236 g/mol. The van der Waals surface area contributed by atoms with Crippen LogP contribution in [0.4, 0.5) is 0 Å². The van der Waals surface area contributed by atoms with Gasteiger partial charge in [-0.3, -0.25) is 0 Å². The van der Waals surface area contributed by atoms with E-state index in [0.29, 0.717) is 0 Å². The topological polar surface area (TPSA) is 35.5 Å². The van der Waals surface area contributed by atoms with E-state index >= 15 is 0 Å². The predicted molar refractivity (Wildman–Crippen MR) is 72.1 cm³/mol. The van der Waals surface area contributed by atoms with Crippen LogP contribution in [0.3, 0.4) is 0 Å². The summed E-state index contributed by atoms with van der Waals surface area (Å²) in [5, 5.41) is 13.0. The number of aliphatic hydroxyl groups excluding tert-OH is 1. The molecule has 1 atom stereocenters. The quantitative estimate of drug-likeness (QED) is 0.752. The maximum absolute atomic E-state index is 9.76. The minimum atomic E-state index is -0.370. The number of likely N-dealkylation sites (N-methyl/N-ethyl adjacent to an activating group) is 2. The van der Waals surface area contributed by atoms with Gasteiger partial charge in [-0.05, 0) is 32.6 Å². The maximum atomic E-state index is 9.76. The van der Waals surface area contributed by atoms with Gasteiger partial charge >= 0.3 is 0 Å². The standard InChI is InChI=1S/C14H24N2O/c1-4-10-16(3)11-14(12-17,15-2)13-8-6-5-7-9-13/h5-9,15,17H,4,10-12H2,1-3H3. The smallest absolute Gasteiger partial charge is 0.0795 e. The van der Waals surface area contributed by atoms with Crippen molar-refractivity contribution in [2.24, 2.45) is 0 Å². The third kappa shape index (κ3) is 3.53. The van der Waals surface area contributed by atoms with E-state index in [4.69, 9.17) is 0 Å². The van der Waals surface area contributed by atoms with Crippen LogP contribution in [0, 0.1) is 0 Å². The molecule has 1 aromatic carbocycles. The lowest BCUT2D eigenvalue weighted by Gasteiger charge is -2.36. The van der Waals surface area contributed by atoms with Gasteiger partial charge in [0.15, 0.2) is 0 Å². The van der Waals surface area contributed by atoms with E-state index in [2.05, 4.69) is 36.3 Å². The molecule has 17 heavy (non-hydrogen) atoms. The summed E-state index contributed by atoms with van der Waals surface area (Å²) >= 11 is 0. The van der Waals surface area contributed by atoms with Crippen molar-refractivity contribution in [2.75, 3.05) is 33.8 Å². The van der Waals surface area contributed by atoms with Crippen molar-refractivity contribution >= 4 is 0 Å². The summed E-state index contributed by atoms with van der Waals surface area (Å²) in [4.78, 5) is 2.25. The van der Waals surface area contributed by atoms with Gasteiger partial charge < -0.3 is 15.3 Å². The van der Waals surface area contributed by atoms with Crippen LogP contribution in [-0.2, 0) is 5.54 Å². The van der Waals surface area contributed by atoms with Crippen molar-refractivity contribution in [2.45, 2.75) is 18.9 Å². The van der Waals surface area contributed by atoms with Crippen LogP contribution >= 0.6 is 0 Å². The Morgan fingerprint density at radius 3 is 2.41 bits per heavy atom. The fourth-order valence-corrected chi connectivity index (χ4v) is 2.21. The molecule has 0 aliphatic rings. The molecule has 96 valence electrons. The minimum Gasteiger partial charge on any atom is -0.394 e. The van der Waals surface area contributed by atoms with Crippen molar-refractivity contribution in [1.29, 1.82) is 0 Å². The van der Waals surface area contributed by atoms with Crippen molar-refractivity contribution in [1.82, 2.24) is 10.2 Å². The number of aliphatic hydroxyl groups is 1. The molecule has 0 aliphatic carbocycles. The molecule has 0 heterocycles. The molecule has 0 saturated heterocycles. The summed E-state index contributed by atoms with van der Waals surface area (Å²) in [6.45, 7) is 4.11. The second-order valence-corrected chi connectivity index (χ2v) is 4.59. The Bertz CT molecular complexity index is 309. The molecule has 0 spiro atoms. The van der Waals surface area contributed by atoms with Gasteiger partial charge in [-0.1, -0.05) is 37.3 Å². The van der Waals surface area contributed by atoms with Crippen molar-refractivity contribution in [3.8, 4) is 0 Å². The normalized spacial score (nSPS) is 14.9. The first kappa shape index (κ1) is 14.2. The fourth-order valence-electron chi connectivity index (χ4n) is 2.21. The lowest BCUT2D eigenvalue weighted by Crippen LogP contribution is -2.51. The van der Waals surface area contributed by atoms with E-state index in [1.54, 1.807) is 0 Å². The zero-order valence-corrected chi connectivity index (χ0v) is 11.1. The van der Waals surface area contributed by atoms with Crippen LogP contribution in [0.5, 0.6) is 0 Å². The summed E-state index contributed by atoms with van der Waals surface area (Å²) < 4.78 is 0. The Labute approximate surface area is 104 Å². The molecule has 3 heteroatoms. The zero-order valence-electron chi connectivity index (χ0n) is 11.1. The summed E-state index contributed by atoms with van der Waals surface area (Å²) in [6, 6.07) is 10.1. The molecule has 0 aliphatic heterocycles. The van der Waals surface area contributed by atoms with Crippen LogP contribution in [0.1, 0.15) is 18.9 Å². The molecule has 0 radical (unpaired) electrons. The third-order valence-electron chi connectivity index (χ3n) is 3.22. The number of hydrogen-bond acceptors (Lipinski definition) is 3. The van der Waals surface area contributed by atoms with E-state index in [0.717, 1.165) is 25.1 Å². The molecule has 0 bridgehead atoms. The number of benzene rings is 1. The summed E-state index contributed by atoms with van der Waals surface area (Å²) in [7, 11) is 4.00. The molecule has 1 aromatic rings. The molecule has 0 aromatic heterocycles. The van der Waals surface area contributed by atoms with Crippen molar-refractivity contribution in [3.63, 3.8) is 0 Å². The van der Waals surface area contributed by atoms with Gasteiger partial charge in [0, 0.05) is 6.54 Å². The molecule has 0 fully saturated rings. The largest absolute Gasteiger partial charge is 0.394 e. The second kappa shape index (κ2) is 6.74. The van der Waals surface area contributed by atoms with Crippen LogP contribution in [-0.4, -0.2) is 43.8 Å². The Hall–Kier alpha value is -0.900. The molecule has 1 rings (SSSR count).